The molecule has 13 nitrogen and oxygen atoms in total. The molecule has 5 heterocycles. The number of alkyl halides is 2. The van der Waals surface area contributed by atoms with Gasteiger partial charge < -0.3 is 34.4 Å². The molecule has 0 saturated carbocycles. The topological polar surface area (TPSA) is 130 Å². The maximum Gasteiger partial charge on any atom is 0.387 e. The first-order valence-electron chi connectivity index (χ1n) is 18.8. The van der Waals surface area contributed by atoms with Crippen LogP contribution in [0.5, 0.6) is 5.75 Å². The SMILES string of the molecule is CCc1cc(Nc2nccn3c(-c4ccc(OC(F)F)c(F)c4F)cnc23)ccc1C(=O)N1CCN(C(=O)C2CC[N+](C)(CC3CNC3)CC2)C(C(=O)OC)C1. The Hall–Kier alpha value is -5.29. The Morgan fingerprint density at radius 3 is 2.50 bits per heavy atom. The highest BCUT2D eigenvalue weighted by Gasteiger charge is 2.43. The maximum absolute atomic E-state index is 15.0. The van der Waals surface area contributed by atoms with Crippen molar-refractivity contribution in [3.63, 3.8) is 0 Å². The molecule has 298 valence electrons. The number of quaternary nitrogens is 1. The minimum atomic E-state index is -3.32. The van der Waals surface area contributed by atoms with Crippen molar-refractivity contribution in [3.05, 3.63) is 71.7 Å². The number of ether oxygens (including phenoxy) is 2. The molecule has 3 aliphatic heterocycles. The third kappa shape index (κ3) is 7.74. The van der Waals surface area contributed by atoms with E-state index in [1.165, 1.54) is 30.1 Å². The number of nitrogens with one attached hydrogen (secondary N) is 2. The summed E-state index contributed by atoms with van der Waals surface area (Å²) in [5, 5.41) is 6.52. The summed E-state index contributed by atoms with van der Waals surface area (Å²) < 4.78 is 66.5. The number of anilines is 2. The number of piperidine rings is 1. The van der Waals surface area contributed by atoms with Crippen molar-refractivity contribution >= 4 is 34.9 Å². The molecule has 2 aromatic carbocycles. The van der Waals surface area contributed by atoms with E-state index in [4.69, 9.17) is 4.74 Å². The van der Waals surface area contributed by atoms with Crippen molar-refractivity contribution in [1.29, 1.82) is 0 Å². The summed E-state index contributed by atoms with van der Waals surface area (Å²) in [6.45, 7) is 4.08. The van der Waals surface area contributed by atoms with Gasteiger partial charge in [0.15, 0.2) is 23.0 Å². The van der Waals surface area contributed by atoms with Crippen LogP contribution in [0.1, 0.15) is 35.7 Å². The summed E-state index contributed by atoms with van der Waals surface area (Å²) in [5.74, 6) is -3.97. The van der Waals surface area contributed by atoms with E-state index in [0.717, 1.165) is 62.2 Å². The van der Waals surface area contributed by atoms with E-state index in [9.17, 15) is 27.6 Å². The number of likely N-dealkylation sites (tertiary alicyclic amines) is 1. The van der Waals surface area contributed by atoms with E-state index < -0.39 is 36.0 Å². The van der Waals surface area contributed by atoms with Gasteiger partial charge in [0, 0.05) is 80.1 Å². The van der Waals surface area contributed by atoms with Crippen LogP contribution in [0, 0.1) is 23.5 Å². The fourth-order valence-electron chi connectivity index (χ4n) is 8.13. The van der Waals surface area contributed by atoms with Gasteiger partial charge >= 0.3 is 12.6 Å². The predicted molar refractivity (Wildman–Crippen MR) is 197 cm³/mol. The molecule has 2 aromatic heterocycles. The van der Waals surface area contributed by atoms with Gasteiger partial charge in [0.1, 0.15) is 6.04 Å². The molecule has 0 aliphatic carbocycles. The first kappa shape index (κ1) is 39.0. The normalized spacial score (nSPS) is 21.6. The molecule has 2 amide bonds. The number of carbonyl (C=O) groups excluding carboxylic acids is 3. The standard InChI is InChI=1S/C39H44F4N8O5/c1-4-24-17-26(47-34-35-46-20-29(49(35)12-11-45-34)28-7-8-31(56-39(42)43)33(41)32(28)40)5-6-27(24)37(53)48-13-14-50(30(21-48)38(54)55-3)36(52)25-9-15-51(2,16-10-25)22-23-18-44-19-23/h5-8,11-12,17,20,23,25,30,39,44H,4,9-10,13-16,18-19,21-22H2,1-3H3/p+1. The van der Waals surface area contributed by atoms with Crippen LogP contribution in [0.4, 0.5) is 29.1 Å². The molecule has 2 N–H and O–H groups in total. The molecular formula is C39H45F4N8O5+. The summed E-state index contributed by atoms with van der Waals surface area (Å²) >= 11 is 0. The van der Waals surface area contributed by atoms with Gasteiger partial charge in [-0.15, -0.1) is 0 Å². The number of esters is 1. The molecule has 56 heavy (non-hydrogen) atoms. The molecule has 0 spiro atoms. The summed E-state index contributed by atoms with van der Waals surface area (Å²) in [5.41, 5.74) is 1.92. The average molecular weight is 782 g/mol. The van der Waals surface area contributed by atoms with Crippen molar-refractivity contribution in [2.45, 2.75) is 38.8 Å². The number of hydrogen-bond donors (Lipinski definition) is 2. The van der Waals surface area contributed by atoms with Crippen molar-refractivity contribution in [3.8, 4) is 17.0 Å². The number of nitrogens with zero attached hydrogens (tertiary/aromatic N) is 6. The highest BCUT2D eigenvalue weighted by atomic mass is 19.3. The first-order valence-corrected chi connectivity index (χ1v) is 18.8. The Kier molecular flexibility index (Phi) is 11.2. The fraction of sp³-hybridized carbons (Fsp3) is 0.462. The van der Waals surface area contributed by atoms with Crippen LogP contribution in [0.3, 0.4) is 0 Å². The number of amides is 2. The van der Waals surface area contributed by atoms with E-state index in [-0.39, 0.29) is 60.1 Å². The van der Waals surface area contributed by atoms with E-state index in [1.54, 1.807) is 28.0 Å². The predicted octanol–water partition coefficient (Wildman–Crippen LogP) is 4.48. The molecule has 1 atom stereocenters. The highest BCUT2D eigenvalue weighted by Crippen LogP contribution is 2.33. The van der Waals surface area contributed by atoms with Crippen LogP contribution in [0.2, 0.25) is 0 Å². The molecular weight excluding hydrogens is 736 g/mol. The number of halogens is 4. The minimum absolute atomic E-state index is 0.0101. The maximum atomic E-state index is 15.0. The lowest BCUT2D eigenvalue weighted by molar-refractivity contribution is -0.918. The van der Waals surface area contributed by atoms with Gasteiger partial charge in [-0.25, -0.2) is 19.2 Å². The van der Waals surface area contributed by atoms with Crippen LogP contribution >= 0.6 is 0 Å². The lowest BCUT2D eigenvalue weighted by Crippen LogP contribution is -2.62. The third-order valence-corrected chi connectivity index (χ3v) is 11.3. The number of fused-ring (bicyclic) bond motifs is 1. The number of hydrogen-bond acceptors (Lipinski definition) is 9. The van der Waals surface area contributed by atoms with Gasteiger partial charge in [0.2, 0.25) is 11.7 Å². The average Bonchev–Trinajstić information content (AvgIpc) is 3.62. The van der Waals surface area contributed by atoms with Crippen LogP contribution in [0.15, 0.2) is 48.9 Å². The van der Waals surface area contributed by atoms with Crippen molar-refractivity contribution in [2.24, 2.45) is 11.8 Å². The molecule has 3 aliphatic rings. The number of piperazine rings is 1. The van der Waals surface area contributed by atoms with E-state index >= 15 is 4.39 Å². The highest BCUT2D eigenvalue weighted by molar-refractivity contribution is 5.97. The molecule has 1 unspecified atom stereocenters. The van der Waals surface area contributed by atoms with E-state index in [0.29, 0.717) is 29.2 Å². The number of aryl methyl sites for hydroxylation is 1. The molecule has 4 aromatic rings. The van der Waals surface area contributed by atoms with Crippen molar-refractivity contribution < 1.29 is 45.9 Å². The van der Waals surface area contributed by atoms with Crippen LogP contribution in [-0.4, -0.2) is 126 Å². The Bertz CT molecular complexity index is 2120. The van der Waals surface area contributed by atoms with Crippen LogP contribution in [0.25, 0.3) is 16.9 Å². The summed E-state index contributed by atoms with van der Waals surface area (Å²) in [4.78, 5) is 52.9. The second-order valence-electron chi connectivity index (χ2n) is 15.0. The second kappa shape index (κ2) is 16.1. The zero-order valence-electron chi connectivity index (χ0n) is 31.4. The van der Waals surface area contributed by atoms with Gasteiger partial charge in [0.05, 0.1) is 52.2 Å². The Morgan fingerprint density at radius 2 is 1.82 bits per heavy atom. The number of carbonyl (C=O) groups is 3. The molecule has 3 saturated heterocycles. The van der Waals surface area contributed by atoms with Gasteiger partial charge in [-0.3, -0.25) is 14.0 Å². The molecule has 0 radical (unpaired) electrons. The summed E-state index contributed by atoms with van der Waals surface area (Å²) in [6.07, 6.45) is 6.23. The Balaban J connectivity index is 1.04. The largest absolute Gasteiger partial charge is 0.467 e. The van der Waals surface area contributed by atoms with Crippen molar-refractivity contribution in [2.75, 3.05) is 71.8 Å². The van der Waals surface area contributed by atoms with Gasteiger partial charge in [-0.2, -0.15) is 13.2 Å². The monoisotopic (exact) mass is 781 g/mol. The smallest absolute Gasteiger partial charge is 0.387 e. The Labute approximate surface area is 321 Å². The molecule has 7 rings (SSSR count). The van der Waals surface area contributed by atoms with Crippen molar-refractivity contribution in [1.82, 2.24) is 29.5 Å². The third-order valence-electron chi connectivity index (χ3n) is 11.3. The first-order chi connectivity index (χ1) is 26.9. The number of aromatic nitrogens is 3. The fourth-order valence-corrected chi connectivity index (χ4v) is 8.13. The van der Waals surface area contributed by atoms with Crippen LogP contribution in [-0.2, 0) is 20.7 Å². The van der Waals surface area contributed by atoms with E-state index in [2.05, 4.69) is 32.4 Å². The number of rotatable bonds is 11. The van der Waals surface area contributed by atoms with Gasteiger partial charge in [-0.05, 0) is 42.3 Å². The minimum Gasteiger partial charge on any atom is -0.467 e. The summed E-state index contributed by atoms with van der Waals surface area (Å²) in [7, 11) is 3.55. The number of methoxy groups -OCH3 is 1. The molecule has 3 fully saturated rings. The summed E-state index contributed by atoms with van der Waals surface area (Å²) in [6, 6.07) is 6.31. The second-order valence-corrected chi connectivity index (χ2v) is 15.0. The van der Waals surface area contributed by atoms with Gasteiger partial charge in [0.25, 0.3) is 5.91 Å². The van der Waals surface area contributed by atoms with Gasteiger partial charge in [-0.1, -0.05) is 6.92 Å². The van der Waals surface area contributed by atoms with E-state index in [1.807, 2.05) is 6.92 Å². The zero-order chi connectivity index (χ0) is 39.7. The molecule has 17 heteroatoms. The number of benzene rings is 2. The van der Waals surface area contributed by atoms with Crippen LogP contribution < -0.4 is 15.4 Å². The lowest BCUT2D eigenvalue weighted by Gasteiger charge is -2.46. The molecule has 0 bridgehead atoms. The quantitative estimate of drug-likeness (QED) is 0.129. The lowest BCUT2D eigenvalue weighted by atomic mass is 9.91. The Morgan fingerprint density at radius 1 is 1.05 bits per heavy atom. The number of imidazole rings is 1. The zero-order valence-corrected chi connectivity index (χ0v) is 31.4.